The zero-order chi connectivity index (χ0) is 23.3. The first-order valence-electron chi connectivity index (χ1n) is 10.5. The van der Waals surface area contributed by atoms with Gasteiger partial charge in [-0.05, 0) is 51.3 Å². The van der Waals surface area contributed by atoms with Crippen molar-refractivity contribution in [2.45, 2.75) is 45.5 Å². The molecule has 2 aromatic rings. The van der Waals surface area contributed by atoms with E-state index in [4.69, 9.17) is 18.9 Å². The number of aryl methyl sites for hydroxylation is 1. The van der Waals surface area contributed by atoms with E-state index in [-0.39, 0.29) is 42.4 Å². The van der Waals surface area contributed by atoms with E-state index in [1.54, 1.807) is 13.8 Å². The van der Waals surface area contributed by atoms with E-state index >= 15 is 0 Å². The molecular formula is C22H27F3N2O5. The van der Waals surface area contributed by atoms with Crippen LogP contribution in [-0.4, -0.2) is 49.3 Å². The Morgan fingerprint density at radius 2 is 2.03 bits per heavy atom. The van der Waals surface area contributed by atoms with Gasteiger partial charge in [-0.25, -0.2) is 9.48 Å². The molecule has 0 unspecified atom stereocenters. The van der Waals surface area contributed by atoms with Crippen molar-refractivity contribution in [1.82, 2.24) is 9.78 Å². The second-order valence-electron chi connectivity index (χ2n) is 7.38. The SMILES string of the molecule is CCOC(=O)c1c(C)nn([C@H]2CCCCO2)c1-c1cc(OCCOC)cc(C(F)(F)F)c1. The van der Waals surface area contributed by atoms with Gasteiger partial charge in [-0.15, -0.1) is 0 Å². The molecule has 0 N–H and O–H groups in total. The van der Waals surface area contributed by atoms with Crippen LogP contribution in [0.1, 0.15) is 54.0 Å². The van der Waals surface area contributed by atoms with E-state index in [0.717, 1.165) is 25.0 Å². The summed E-state index contributed by atoms with van der Waals surface area (Å²) in [6.45, 7) is 4.20. The molecule has 0 spiro atoms. The molecule has 0 aliphatic carbocycles. The molecule has 0 radical (unpaired) electrons. The fraction of sp³-hybridized carbons (Fsp3) is 0.545. The maximum absolute atomic E-state index is 13.7. The summed E-state index contributed by atoms with van der Waals surface area (Å²) in [5.74, 6) is -0.641. The zero-order valence-electron chi connectivity index (χ0n) is 18.3. The van der Waals surface area contributed by atoms with Gasteiger partial charge in [0.05, 0.1) is 30.2 Å². The van der Waals surface area contributed by atoms with E-state index in [2.05, 4.69) is 5.10 Å². The van der Waals surface area contributed by atoms with Gasteiger partial charge in [0, 0.05) is 19.3 Å². The third-order valence-corrected chi connectivity index (χ3v) is 5.06. The number of hydrogen-bond donors (Lipinski definition) is 0. The fourth-order valence-corrected chi connectivity index (χ4v) is 3.62. The van der Waals surface area contributed by atoms with Gasteiger partial charge < -0.3 is 18.9 Å². The molecule has 7 nitrogen and oxygen atoms in total. The maximum atomic E-state index is 13.7. The fourth-order valence-electron chi connectivity index (χ4n) is 3.62. The van der Waals surface area contributed by atoms with Crippen molar-refractivity contribution in [3.8, 4) is 17.0 Å². The van der Waals surface area contributed by atoms with E-state index in [0.29, 0.717) is 18.7 Å². The van der Waals surface area contributed by atoms with Crippen LogP contribution in [0.15, 0.2) is 18.2 Å². The number of nitrogens with zero attached hydrogens (tertiary/aromatic N) is 2. The first-order chi connectivity index (χ1) is 15.3. The van der Waals surface area contributed by atoms with Crippen LogP contribution in [0.5, 0.6) is 5.75 Å². The van der Waals surface area contributed by atoms with Crippen LogP contribution in [0.25, 0.3) is 11.3 Å². The Hall–Kier alpha value is -2.59. The van der Waals surface area contributed by atoms with Gasteiger partial charge in [0.15, 0.2) is 6.23 Å². The number of carbonyl (C=O) groups excluding carboxylic acids is 1. The number of carbonyl (C=O) groups is 1. The zero-order valence-corrected chi connectivity index (χ0v) is 18.3. The predicted molar refractivity (Wildman–Crippen MR) is 110 cm³/mol. The molecule has 1 aromatic carbocycles. The molecule has 176 valence electrons. The topological polar surface area (TPSA) is 71.8 Å². The summed E-state index contributed by atoms with van der Waals surface area (Å²) < 4.78 is 63.9. The highest BCUT2D eigenvalue weighted by Gasteiger charge is 2.34. The number of methoxy groups -OCH3 is 1. The first-order valence-corrected chi connectivity index (χ1v) is 10.5. The lowest BCUT2D eigenvalue weighted by Crippen LogP contribution is -2.20. The smallest absolute Gasteiger partial charge is 0.416 e. The lowest BCUT2D eigenvalue weighted by Gasteiger charge is -2.25. The number of benzene rings is 1. The van der Waals surface area contributed by atoms with Crippen LogP contribution in [0.4, 0.5) is 13.2 Å². The van der Waals surface area contributed by atoms with Crippen molar-refractivity contribution in [2.24, 2.45) is 0 Å². The molecule has 1 saturated heterocycles. The van der Waals surface area contributed by atoms with Crippen LogP contribution in [-0.2, 0) is 20.4 Å². The molecule has 0 saturated carbocycles. The summed E-state index contributed by atoms with van der Waals surface area (Å²) in [6, 6.07) is 3.37. The molecular weight excluding hydrogens is 429 g/mol. The van der Waals surface area contributed by atoms with Gasteiger partial charge in [-0.3, -0.25) is 0 Å². The van der Waals surface area contributed by atoms with Gasteiger partial charge in [-0.2, -0.15) is 18.3 Å². The van der Waals surface area contributed by atoms with E-state index in [9.17, 15) is 18.0 Å². The standard InChI is InChI=1S/C22H27F3N2O5/c1-4-30-21(28)19-14(2)26-27(18-7-5-6-8-32-18)20(19)15-11-16(22(23,24)25)13-17(12-15)31-10-9-29-3/h11-13,18H,4-10H2,1-3H3/t18-/m1/s1. The van der Waals surface area contributed by atoms with Crippen molar-refractivity contribution in [1.29, 1.82) is 0 Å². The van der Waals surface area contributed by atoms with Crippen molar-refractivity contribution >= 4 is 5.97 Å². The highest BCUT2D eigenvalue weighted by Crippen LogP contribution is 2.39. The molecule has 3 rings (SSSR count). The summed E-state index contributed by atoms with van der Waals surface area (Å²) >= 11 is 0. The largest absolute Gasteiger partial charge is 0.491 e. The number of hydrogen-bond acceptors (Lipinski definition) is 6. The quantitative estimate of drug-likeness (QED) is 0.421. The molecule has 1 atom stereocenters. The summed E-state index contributed by atoms with van der Waals surface area (Å²) in [4.78, 5) is 12.7. The van der Waals surface area contributed by atoms with Gasteiger partial charge in [0.1, 0.15) is 17.9 Å². The van der Waals surface area contributed by atoms with Crippen LogP contribution in [0.3, 0.4) is 0 Å². The van der Waals surface area contributed by atoms with E-state index in [1.807, 2.05) is 0 Å². The second kappa shape index (κ2) is 10.4. The summed E-state index contributed by atoms with van der Waals surface area (Å²) in [6.07, 6.45) is -2.70. The maximum Gasteiger partial charge on any atom is 0.416 e. The van der Waals surface area contributed by atoms with Crippen molar-refractivity contribution in [3.63, 3.8) is 0 Å². The Morgan fingerprint density at radius 3 is 2.66 bits per heavy atom. The van der Waals surface area contributed by atoms with Crippen LogP contribution < -0.4 is 4.74 Å². The van der Waals surface area contributed by atoms with E-state index in [1.165, 1.54) is 17.9 Å². The molecule has 2 heterocycles. The minimum atomic E-state index is -4.61. The molecule has 1 aromatic heterocycles. The third-order valence-electron chi connectivity index (χ3n) is 5.06. The number of rotatable bonds is 8. The van der Waals surface area contributed by atoms with Crippen molar-refractivity contribution in [3.05, 3.63) is 35.0 Å². The van der Waals surface area contributed by atoms with Crippen LogP contribution >= 0.6 is 0 Å². The van der Waals surface area contributed by atoms with Gasteiger partial charge in [-0.1, -0.05) is 0 Å². The molecule has 10 heteroatoms. The normalized spacial score (nSPS) is 16.8. The van der Waals surface area contributed by atoms with Crippen LogP contribution in [0, 0.1) is 6.92 Å². The summed E-state index contributed by atoms with van der Waals surface area (Å²) in [7, 11) is 1.47. The van der Waals surface area contributed by atoms with Crippen LogP contribution in [0.2, 0.25) is 0 Å². The average molecular weight is 456 g/mol. The summed E-state index contributed by atoms with van der Waals surface area (Å²) in [5, 5.41) is 4.46. The minimum absolute atomic E-state index is 0.0108. The predicted octanol–water partition coefficient (Wildman–Crippen LogP) is 4.78. The van der Waals surface area contributed by atoms with Gasteiger partial charge in [0.25, 0.3) is 0 Å². The Kier molecular flexibility index (Phi) is 7.78. The van der Waals surface area contributed by atoms with E-state index < -0.39 is 23.9 Å². The number of ether oxygens (including phenoxy) is 4. The molecule has 0 bridgehead atoms. The number of aromatic nitrogens is 2. The minimum Gasteiger partial charge on any atom is -0.491 e. The second-order valence-corrected chi connectivity index (χ2v) is 7.38. The Bertz CT molecular complexity index is 936. The lowest BCUT2D eigenvalue weighted by atomic mass is 10.0. The van der Waals surface area contributed by atoms with Crippen molar-refractivity contribution in [2.75, 3.05) is 33.5 Å². The third kappa shape index (κ3) is 5.42. The first kappa shape index (κ1) is 24.1. The number of esters is 1. The highest BCUT2D eigenvalue weighted by molar-refractivity contribution is 5.97. The summed E-state index contributed by atoms with van der Waals surface area (Å²) in [5.41, 5.74) is -0.0668. The molecule has 1 aliphatic rings. The molecule has 1 aliphatic heterocycles. The Morgan fingerprint density at radius 1 is 1.25 bits per heavy atom. The number of halogens is 3. The molecule has 0 amide bonds. The lowest BCUT2D eigenvalue weighted by molar-refractivity contribution is -0.137. The average Bonchev–Trinajstić information content (AvgIpc) is 3.11. The van der Waals surface area contributed by atoms with Gasteiger partial charge in [0.2, 0.25) is 0 Å². The molecule has 1 fully saturated rings. The molecule has 32 heavy (non-hydrogen) atoms. The number of alkyl halides is 3. The highest BCUT2D eigenvalue weighted by atomic mass is 19.4. The Labute approximate surface area is 184 Å². The Balaban J connectivity index is 2.18. The monoisotopic (exact) mass is 456 g/mol. The van der Waals surface area contributed by atoms with Crippen molar-refractivity contribution < 1.29 is 36.9 Å². The van der Waals surface area contributed by atoms with Gasteiger partial charge >= 0.3 is 12.1 Å².